The van der Waals surface area contributed by atoms with Gasteiger partial charge in [0.25, 0.3) is 5.91 Å². The predicted octanol–water partition coefficient (Wildman–Crippen LogP) is 4.57. The lowest BCUT2D eigenvalue weighted by atomic mass is 10.1. The maximum absolute atomic E-state index is 13.1. The largest absolute Gasteiger partial charge is 0.383 e. The number of nitrogens with zero attached hydrogens (tertiary/aromatic N) is 2. The molecule has 1 fully saturated rings. The van der Waals surface area contributed by atoms with Crippen LogP contribution in [0.1, 0.15) is 5.56 Å². The van der Waals surface area contributed by atoms with E-state index in [1.807, 2.05) is 65.4 Å². The molecule has 1 N–H and O–H groups in total. The summed E-state index contributed by atoms with van der Waals surface area (Å²) in [5, 5.41) is 3.77. The quantitative estimate of drug-likeness (QED) is 0.276. The van der Waals surface area contributed by atoms with Gasteiger partial charge in [-0.1, -0.05) is 58.1 Å². The number of hydrogen-bond donors (Lipinski definition) is 1. The van der Waals surface area contributed by atoms with Crippen LogP contribution < -0.4 is 10.2 Å². The number of rotatable bonds is 7. The van der Waals surface area contributed by atoms with E-state index < -0.39 is 0 Å². The van der Waals surface area contributed by atoms with Crippen LogP contribution in [-0.2, 0) is 20.9 Å². The van der Waals surface area contributed by atoms with Gasteiger partial charge in [0.15, 0.2) is 4.32 Å². The summed E-state index contributed by atoms with van der Waals surface area (Å²) in [5.74, 6) is -0.261. The molecule has 2 amide bonds. The molecule has 1 saturated heterocycles. The maximum Gasteiger partial charge on any atom is 0.270 e. The minimum Gasteiger partial charge on any atom is -0.383 e. The van der Waals surface area contributed by atoms with Crippen molar-refractivity contribution in [3.8, 4) is 0 Å². The standard InChI is InChI=1S/C23H20BrN3O3S2/c1-30-10-9-25-21(28)14-26-13-15(18-12-16(24)7-8-19(18)26)11-20-22(29)27(23(31)32-20)17-5-3-2-4-6-17/h2-8,11-13H,9-10,14H2,1H3,(H,25,28)/b20-11-. The van der Waals surface area contributed by atoms with Crippen molar-refractivity contribution in [2.45, 2.75) is 6.54 Å². The molecule has 6 nitrogen and oxygen atoms in total. The van der Waals surface area contributed by atoms with E-state index in [4.69, 9.17) is 17.0 Å². The van der Waals surface area contributed by atoms with Gasteiger partial charge < -0.3 is 14.6 Å². The molecule has 1 aliphatic heterocycles. The third kappa shape index (κ3) is 4.80. The highest BCUT2D eigenvalue weighted by Crippen LogP contribution is 2.37. The molecule has 4 rings (SSSR count). The molecule has 0 bridgehead atoms. The van der Waals surface area contributed by atoms with E-state index in [2.05, 4.69) is 21.2 Å². The van der Waals surface area contributed by atoms with Gasteiger partial charge in [0.2, 0.25) is 5.91 Å². The van der Waals surface area contributed by atoms with Gasteiger partial charge in [0.1, 0.15) is 6.54 Å². The first-order valence-electron chi connectivity index (χ1n) is 9.85. The lowest BCUT2D eigenvalue weighted by molar-refractivity contribution is -0.121. The smallest absolute Gasteiger partial charge is 0.270 e. The summed E-state index contributed by atoms with van der Waals surface area (Å²) in [4.78, 5) is 27.6. The molecular weight excluding hydrogens is 510 g/mol. The molecule has 2 heterocycles. The Bertz CT molecular complexity index is 1220. The van der Waals surface area contributed by atoms with Crippen LogP contribution in [0.2, 0.25) is 0 Å². The highest BCUT2D eigenvalue weighted by Gasteiger charge is 2.33. The fourth-order valence-electron chi connectivity index (χ4n) is 3.45. The van der Waals surface area contributed by atoms with Crippen molar-refractivity contribution in [2.75, 3.05) is 25.2 Å². The number of fused-ring (bicyclic) bond motifs is 1. The topological polar surface area (TPSA) is 63.6 Å². The number of ether oxygens (including phenoxy) is 1. The van der Waals surface area contributed by atoms with E-state index in [0.717, 1.165) is 26.6 Å². The summed E-state index contributed by atoms with van der Waals surface area (Å²) in [6.45, 7) is 1.08. The van der Waals surface area contributed by atoms with Crippen LogP contribution in [0.4, 0.5) is 5.69 Å². The molecule has 0 aliphatic carbocycles. The Morgan fingerprint density at radius 1 is 1.25 bits per heavy atom. The summed E-state index contributed by atoms with van der Waals surface area (Å²) < 4.78 is 8.27. The number of nitrogens with one attached hydrogen (secondary N) is 1. The van der Waals surface area contributed by atoms with Crippen LogP contribution >= 0.6 is 39.9 Å². The van der Waals surface area contributed by atoms with E-state index in [1.165, 1.54) is 11.8 Å². The number of aromatic nitrogens is 1. The maximum atomic E-state index is 13.1. The molecule has 32 heavy (non-hydrogen) atoms. The first-order valence-corrected chi connectivity index (χ1v) is 11.9. The Balaban J connectivity index is 1.66. The molecule has 164 valence electrons. The fraction of sp³-hybridized carbons (Fsp3) is 0.174. The zero-order chi connectivity index (χ0) is 22.7. The minimum atomic E-state index is -0.153. The monoisotopic (exact) mass is 529 g/mol. The number of anilines is 1. The molecule has 0 atom stereocenters. The Labute approximate surface area is 203 Å². The third-order valence-electron chi connectivity index (χ3n) is 4.91. The van der Waals surface area contributed by atoms with Crippen molar-refractivity contribution >= 4 is 78.7 Å². The van der Waals surface area contributed by atoms with Crippen LogP contribution in [-0.4, -0.2) is 41.0 Å². The number of benzene rings is 2. The summed E-state index contributed by atoms with van der Waals surface area (Å²) in [6, 6.07) is 15.2. The van der Waals surface area contributed by atoms with Gasteiger partial charge in [-0.15, -0.1) is 0 Å². The first-order chi connectivity index (χ1) is 15.5. The van der Waals surface area contributed by atoms with Crippen LogP contribution in [0.15, 0.2) is 64.1 Å². The van der Waals surface area contributed by atoms with Crippen molar-refractivity contribution < 1.29 is 14.3 Å². The number of carbonyl (C=O) groups is 2. The van der Waals surface area contributed by atoms with E-state index >= 15 is 0 Å². The highest BCUT2D eigenvalue weighted by molar-refractivity contribution is 9.10. The summed E-state index contributed by atoms with van der Waals surface area (Å²) in [7, 11) is 1.59. The van der Waals surface area contributed by atoms with Gasteiger partial charge in [0.05, 0.1) is 17.2 Å². The number of thioether (sulfide) groups is 1. The molecule has 0 spiro atoms. The molecule has 1 aliphatic rings. The molecule has 9 heteroatoms. The van der Waals surface area contributed by atoms with Crippen LogP contribution in [0, 0.1) is 0 Å². The molecule has 0 radical (unpaired) electrons. The number of para-hydroxylation sites is 1. The average Bonchev–Trinajstić information content (AvgIpc) is 3.24. The van der Waals surface area contributed by atoms with Crippen molar-refractivity contribution in [1.82, 2.24) is 9.88 Å². The number of thiocarbonyl (C=S) groups is 1. The molecule has 1 aromatic heterocycles. The predicted molar refractivity (Wildman–Crippen MR) is 137 cm³/mol. The van der Waals surface area contributed by atoms with E-state index in [9.17, 15) is 9.59 Å². The number of amides is 2. The van der Waals surface area contributed by atoms with Crippen molar-refractivity contribution in [3.63, 3.8) is 0 Å². The SMILES string of the molecule is COCCNC(=O)Cn1cc(/C=C2\SC(=S)N(c3ccccc3)C2=O)c2cc(Br)ccc21. The Morgan fingerprint density at radius 3 is 2.78 bits per heavy atom. The zero-order valence-corrected chi connectivity index (χ0v) is 20.4. The van der Waals surface area contributed by atoms with Gasteiger partial charge in [-0.3, -0.25) is 14.5 Å². The lowest BCUT2D eigenvalue weighted by Crippen LogP contribution is -2.30. The number of carbonyl (C=O) groups excluding carboxylic acids is 2. The zero-order valence-electron chi connectivity index (χ0n) is 17.2. The number of methoxy groups -OCH3 is 1. The second-order valence-electron chi connectivity index (χ2n) is 7.07. The second kappa shape index (κ2) is 9.99. The van der Waals surface area contributed by atoms with Crippen molar-refractivity contribution in [1.29, 1.82) is 0 Å². The summed E-state index contributed by atoms with van der Waals surface area (Å²) >= 11 is 10.3. The summed E-state index contributed by atoms with van der Waals surface area (Å²) in [5.41, 5.74) is 2.50. The highest BCUT2D eigenvalue weighted by atomic mass is 79.9. The van der Waals surface area contributed by atoms with Crippen LogP contribution in [0.5, 0.6) is 0 Å². The number of hydrogen-bond acceptors (Lipinski definition) is 5. The molecule has 2 aromatic carbocycles. The Kier molecular flexibility index (Phi) is 7.10. The molecule has 0 unspecified atom stereocenters. The Morgan fingerprint density at radius 2 is 2.03 bits per heavy atom. The van der Waals surface area contributed by atoms with Crippen LogP contribution in [0.25, 0.3) is 17.0 Å². The van der Waals surface area contributed by atoms with E-state index in [1.54, 1.807) is 12.0 Å². The second-order valence-corrected chi connectivity index (χ2v) is 9.66. The third-order valence-corrected chi connectivity index (χ3v) is 6.71. The van der Waals surface area contributed by atoms with E-state index in [0.29, 0.717) is 22.4 Å². The van der Waals surface area contributed by atoms with E-state index in [-0.39, 0.29) is 18.4 Å². The van der Waals surface area contributed by atoms with Crippen molar-refractivity contribution in [3.05, 3.63) is 69.7 Å². The minimum absolute atomic E-state index is 0.108. The number of halogens is 1. The molecule has 3 aromatic rings. The Hall–Kier alpha value is -2.46. The van der Waals surface area contributed by atoms with Crippen LogP contribution in [0.3, 0.4) is 0 Å². The lowest BCUT2D eigenvalue weighted by Gasteiger charge is -2.13. The van der Waals surface area contributed by atoms with Gasteiger partial charge in [0, 0.05) is 40.8 Å². The van der Waals surface area contributed by atoms with Gasteiger partial charge in [-0.2, -0.15) is 0 Å². The van der Waals surface area contributed by atoms with Gasteiger partial charge >= 0.3 is 0 Å². The molecular formula is C23H20BrN3O3S2. The fourth-order valence-corrected chi connectivity index (χ4v) is 5.11. The first kappa shape index (κ1) is 22.7. The normalized spacial score (nSPS) is 15.2. The van der Waals surface area contributed by atoms with Crippen molar-refractivity contribution in [2.24, 2.45) is 0 Å². The molecule has 0 saturated carbocycles. The summed E-state index contributed by atoms with van der Waals surface area (Å²) in [6.07, 6.45) is 3.73. The van der Waals surface area contributed by atoms with Gasteiger partial charge in [-0.25, -0.2) is 0 Å². The average molecular weight is 530 g/mol. The van der Waals surface area contributed by atoms with Gasteiger partial charge in [-0.05, 0) is 36.4 Å².